The summed E-state index contributed by atoms with van der Waals surface area (Å²) in [6, 6.07) is 1.65. The van der Waals surface area contributed by atoms with Gasteiger partial charge in [0.05, 0.1) is 11.1 Å². The number of nitrogens with one attached hydrogen (secondary N) is 1. The minimum absolute atomic E-state index is 0.145. The van der Waals surface area contributed by atoms with E-state index >= 15 is 0 Å². The lowest BCUT2D eigenvalue weighted by Gasteiger charge is -2.14. The van der Waals surface area contributed by atoms with Crippen LogP contribution in [0.2, 0.25) is 0 Å². The number of carbonyl (C=O) groups excluding carboxylic acids is 1. The summed E-state index contributed by atoms with van der Waals surface area (Å²) >= 11 is 0. The van der Waals surface area contributed by atoms with Gasteiger partial charge in [0.1, 0.15) is 6.61 Å². The molecule has 2 rings (SSSR count). The molecule has 0 aliphatic carbocycles. The van der Waals surface area contributed by atoms with Crippen molar-refractivity contribution in [3.8, 4) is 11.8 Å². The van der Waals surface area contributed by atoms with E-state index < -0.39 is 0 Å². The predicted octanol–water partition coefficient (Wildman–Crippen LogP) is 0.251. The topological polar surface area (TPSA) is 65.5 Å². The molecule has 2 N–H and O–H groups in total. The number of likely N-dealkylation sites (tertiary alicyclic amines) is 1. The maximum absolute atomic E-state index is 12.1. The van der Waals surface area contributed by atoms with E-state index in [2.05, 4.69) is 27.0 Å². The lowest BCUT2D eigenvalue weighted by atomic mass is 10.1. The third-order valence-corrected chi connectivity index (χ3v) is 3.28. The van der Waals surface area contributed by atoms with Gasteiger partial charge >= 0.3 is 0 Å². The fourth-order valence-electron chi connectivity index (χ4n) is 2.26. The van der Waals surface area contributed by atoms with Gasteiger partial charge < -0.3 is 15.3 Å². The first kappa shape index (κ1) is 14.5. The molecule has 1 aliphatic heterocycles. The molecule has 106 valence electrons. The quantitative estimate of drug-likeness (QED) is 0.772. The van der Waals surface area contributed by atoms with Crippen molar-refractivity contribution >= 4 is 5.91 Å². The van der Waals surface area contributed by atoms with Gasteiger partial charge in [-0.05, 0) is 32.0 Å². The van der Waals surface area contributed by atoms with E-state index in [1.807, 2.05) is 0 Å². The Labute approximate surface area is 119 Å². The van der Waals surface area contributed by atoms with E-state index in [9.17, 15) is 4.79 Å². The lowest BCUT2D eigenvalue weighted by Crippen LogP contribution is -2.33. The number of aliphatic hydroxyl groups is 1. The van der Waals surface area contributed by atoms with Crippen molar-refractivity contribution in [1.29, 1.82) is 0 Å². The van der Waals surface area contributed by atoms with Crippen LogP contribution in [0.5, 0.6) is 0 Å². The summed E-state index contributed by atoms with van der Waals surface area (Å²) in [4.78, 5) is 18.4. The Bertz CT molecular complexity index is 513. The molecule has 1 aliphatic rings. The standard InChI is InChI=1S/C15H19N3O2/c19-11-3-4-13-12-16-6-5-14(13)15(20)17-7-10-18-8-1-2-9-18/h5-6,12,19H,1-2,7-11H2,(H,17,20). The van der Waals surface area contributed by atoms with Crippen LogP contribution in [-0.2, 0) is 0 Å². The first-order valence-electron chi connectivity index (χ1n) is 6.85. The van der Waals surface area contributed by atoms with Crippen LogP contribution in [0, 0.1) is 11.8 Å². The van der Waals surface area contributed by atoms with E-state index in [-0.39, 0.29) is 12.5 Å². The van der Waals surface area contributed by atoms with Gasteiger partial charge in [0.15, 0.2) is 0 Å². The molecule has 0 unspecified atom stereocenters. The molecular formula is C15H19N3O2. The first-order valence-corrected chi connectivity index (χ1v) is 6.85. The van der Waals surface area contributed by atoms with Crippen LogP contribution in [0.3, 0.4) is 0 Å². The fraction of sp³-hybridized carbons (Fsp3) is 0.467. The van der Waals surface area contributed by atoms with E-state index in [4.69, 9.17) is 5.11 Å². The molecule has 0 radical (unpaired) electrons. The molecule has 1 saturated heterocycles. The highest BCUT2D eigenvalue weighted by molar-refractivity contribution is 5.96. The Balaban J connectivity index is 1.91. The molecule has 1 aromatic rings. The number of aromatic nitrogens is 1. The molecule has 1 amide bonds. The summed E-state index contributed by atoms with van der Waals surface area (Å²) < 4.78 is 0. The number of aliphatic hydroxyl groups excluding tert-OH is 1. The predicted molar refractivity (Wildman–Crippen MR) is 76.2 cm³/mol. The average Bonchev–Trinajstić information content (AvgIpc) is 2.98. The maximum atomic E-state index is 12.1. The summed E-state index contributed by atoms with van der Waals surface area (Å²) in [5.74, 6) is 5.14. The molecule has 1 aromatic heterocycles. The summed E-state index contributed by atoms with van der Waals surface area (Å²) in [5.41, 5.74) is 1.04. The van der Waals surface area contributed by atoms with Crippen molar-refractivity contribution in [2.75, 3.05) is 32.8 Å². The van der Waals surface area contributed by atoms with Gasteiger partial charge in [0.2, 0.25) is 0 Å². The zero-order valence-electron chi connectivity index (χ0n) is 11.4. The minimum Gasteiger partial charge on any atom is -0.384 e. The van der Waals surface area contributed by atoms with Crippen molar-refractivity contribution < 1.29 is 9.90 Å². The third-order valence-electron chi connectivity index (χ3n) is 3.28. The summed E-state index contributed by atoms with van der Waals surface area (Å²) in [6.07, 6.45) is 5.61. The second-order valence-corrected chi connectivity index (χ2v) is 4.69. The second-order valence-electron chi connectivity index (χ2n) is 4.69. The number of carbonyl (C=O) groups is 1. The third kappa shape index (κ3) is 4.05. The van der Waals surface area contributed by atoms with E-state index in [0.717, 1.165) is 19.6 Å². The molecule has 0 saturated carbocycles. The summed E-state index contributed by atoms with van der Waals surface area (Å²) in [5, 5.41) is 11.6. The van der Waals surface area contributed by atoms with Gasteiger partial charge in [-0.1, -0.05) is 11.8 Å². The van der Waals surface area contributed by atoms with Crippen LogP contribution in [-0.4, -0.2) is 53.7 Å². The van der Waals surface area contributed by atoms with Crippen LogP contribution in [0.1, 0.15) is 28.8 Å². The Hall–Kier alpha value is -1.90. The highest BCUT2D eigenvalue weighted by Gasteiger charge is 2.13. The molecule has 1 fully saturated rings. The lowest BCUT2D eigenvalue weighted by molar-refractivity contribution is 0.0949. The highest BCUT2D eigenvalue weighted by Crippen LogP contribution is 2.07. The Morgan fingerprint density at radius 1 is 1.45 bits per heavy atom. The van der Waals surface area contributed by atoms with Crippen LogP contribution in [0.4, 0.5) is 0 Å². The van der Waals surface area contributed by atoms with Gasteiger partial charge in [0, 0.05) is 25.5 Å². The largest absolute Gasteiger partial charge is 0.384 e. The highest BCUT2D eigenvalue weighted by atomic mass is 16.2. The van der Waals surface area contributed by atoms with E-state index in [1.165, 1.54) is 19.0 Å². The van der Waals surface area contributed by atoms with Crippen molar-refractivity contribution in [2.45, 2.75) is 12.8 Å². The number of pyridine rings is 1. The molecular weight excluding hydrogens is 254 g/mol. The number of hydrogen-bond donors (Lipinski definition) is 2. The Morgan fingerprint density at radius 2 is 2.25 bits per heavy atom. The van der Waals surface area contributed by atoms with Gasteiger partial charge in [0.25, 0.3) is 5.91 Å². The smallest absolute Gasteiger partial charge is 0.252 e. The number of hydrogen-bond acceptors (Lipinski definition) is 4. The molecule has 5 heteroatoms. The molecule has 0 atom stereocenters. The maximum Gasteiger partial charge on any atom is 0.252 e. The van der Waals surface area contributed by atoms with Crippen molar-refractivity contribution in [3.05, 3.63) is 29.6 Å². The SMILES string of the molecule is O=C(NCCN1CCCC1)c1ccncc1C#CCO. The molecule has 2 heterocycles. The molecule has 0 spiro atoms. The zero-order valence-corrected chi connectivity index (χ0v) is 11.4. The number of nitrogens with zero attached hydrogens (tertiary/aromatic N) is 2. The van der Waals surface area contributed by atoms with Crippen molar-refractivity contribution in [2.24, 2.45) is 0 Å². The Morgan fingerprint density at radius 3 is 3.00 bits per heavy atom. The zero-order chi connectivity index (χ0) is 14.2. The van der Waals surface area contributed by atoms with Gasteiger partial charge in [-0.2, -0.15) is 0 Å². The van der Waals surface area contributed by atoms with Crippen molar-refractivity contribution in [3.63, 3.8) is 0 Å². The minimum atomic E-state index is -0.231. The normalized spacial score (nSPS) is 14.7. The molecule has 20 heavy (non-hydrogen) atoms. The first-order chi connectivity index (χ1) is 9.81. The van der Waals surface area contributed by atoms with E-state index in [1.54, 1.807) is 12.3 Å². The second kappa shape index (κ2) is 7.63. The molecule has 0 bridgehead atoms. The van der Waals surface area contributed by atoms with Crippen molar-refractivity contribution in [1.82, 2.24) is 15.2 Å². The number of amides is 1. The van der Waals surface area contributed by atoms with Crippen LogP contribution >= 0.6 is 0 Å². The monoisotopic (exact) mass is 273 g/mol. The molecule has 0 aromatic carbocycles. The van der Waals surface area contributed by atoms with Gasteiger partial charge in [-0.3, -0.25) is 9.78 Å². The number of rotatable bonds is 4. The van der Waals surface area contributed by atoms with Crippen LogP contribution in [0.25, 0.3) is 0 Å². The Kier molecular flexibility index (Phi) is 5.54. The average molecular weight is 273 g/mol. The van der Waals surface area contributed by atoms with Gasteiger partial charge in [-0.15, -0.1) is 0 Å². The van der Waals surface area contributed by atoms with E-state index in [0.29, 0.717) is 17.7 Å². The van der Waals surface area contributed by atoms with Crippen LogP contribution < -0.4 is 5.32 Å². The molecule has 5 nitrogen and oxygen atoms in total. The fourth-order valence-corrected chi connectivity index (χ4v) is 2.26. The van der Waals surface area contributed by atoms with Gasteiger partial charge in [-0.25, -0.2) is 0 Å². The summed E-state index contributed by atoms with van der Waals surface area (Å²) in [7, 11) is 0. The summed E-state index contributed by atoms with van der Waals surface area (Å²) in [6.45, 7) is 3.53. The van der Waals surface area contributed by atoms with Crippen LogP contribution in [0.15, 0.2) is 18.5 Å².